The lowest BCUT2D eigenvalue weighted by atomic mass is 10.3. The molecule has 0 aromatic heterocycles. The lowest BCUT2D eigenvalue weighted by molar-refractivity contribution is -0.387. The van der Waals surface area contributed by atoms with Crippen molar-refractivity contribution in [1.29, 1.82) is 0 Å². The molecule has 110 valence electrons. The number of hydrogen-bond acceptors (Lipinski definition) is 6. The van der Waals surface area contributed by atoms with Crippen LogP contribution in [-0.2, 0) is 10.0 Å². The molecule has 2 rings (SSSR count). The molecule has 0 aliphatic heterocycles. The molecule has 20 heavy (non-hydrogen) atoms. The summed E-state index contributed by atoms with van der Waals surface area (Å²) in [6.45, 7) is 2.00. The number of nitro benzene ring substituents is 1. The maximum atomic E-state index is 12.6. The predicted octanol–water partition coefficient (Wildman–Crippen LogP) is 1.05. The van der Waals surface area contributed by atoms with Gasteiger partial charge in [-0.2, -0.15) is 4.31 Å². The first-order valence-corrected chi connectivity index (χ1v) is 7.62. The summed E-state index contributed by atoms with van der Waals surface area (Å²) < 4.78 is 26.5. The molecule has 8 nitrogen and oxygen atoms in total. The van der Waals surface area contributed by atoms with Crippen LogP contribution in [0.15, 0.2) is 23.1 Å². The van der Waals surface area contributed by atoms with E-state index in [0.29, 0.717) is 5.69 Å². The number of rotatable bonds is 6. The Labute approximate surface area is 116 Å². The Bertz CT molecular complexity index is 627. The molecule has 1 aliphatic carbocycles. The molecule has 1 aromatic carbocycles. The van der Waals surface area contributed by atoms with Gasteiger partial charge in [-0.05, 0) is 25.0 Å². The van der Waals surface area contributed by atoms with Crippen molar-refractivity contribution in [2.45, 2.75) is 30.7 Å². The molecule has 1 fully saturated rings. The Balaban J connectivity index is 2.56. The smallest absolute Gasteiger partial charge is 0.289 e. The summed E-state index contributed by atoms with van der Waals surface area (Å²) in [5, 5.41) is 11.0. The van der Waals surface area contributed by atoms with E-state index in [-0.39, 0.29) is 17.5 Å². The molecule has 9 heteroatoms. The standard InChI is InChI=1S/C11H16N4O4S/c1-2-14(9-4-5-9)20(18,19)11-7-8(13-12)3-6-10(11)15(16)17/h3,6-7,9,13H,2,4-5,12H2,1H3. The fraction of sp³-hybridized carbons (Fsp3) is 0.455. The average molecular weight is 300 g/mol. The maximum Gasteiger partial charge on any atom is 0.289 e. The molecule has 0 saturated heterocycles. The van der Waals surface area contributed by atoms with Crippen LogP contribution >= 0.6 is 0 Å². The minimum absolute atomic E-state index is 0.0564. The number of nitrogens with zero attached hydrogens (tertiary/aromatic N) is 2. The molecule has 0 bridgehead atoms. The molecule has 1 saturated carbocycles. The topological polar surface area (TPSA) is 119 Å². The Morgan fingerprint density at radius 2 is 2.15 bits per heavy atom. The van der Waals surface area contributed by atoms with Gasteiger partial charge in [-0.1, -0.05) is 6.92 Å². The van der Waals surface area contributed by atoms with Gasteiger partial charge in [0.25, 0.3) is 5.69 Å². The van der Waals surface area contributed by atoms with Gasteiger partial charge in [0.05, 0.1) is 10.6 Å². The summed E-state index contributed by atoms with van der Waals surface area (Å²) in [6.07, 6.45) is 1.57. The summed E-state index contributed by atoms with van der Waals surface area (Å²) in [7, 11) is -3.90. The third-order valence-electron chi connectivity index (χ3n) is 3.18. The summed E-state index contributed by atoms with van der Waals surface area (Å²) in [4.78, 5) is 10.0. The molecule has 0 amide bonds. The van der Waals surface area contributed by atoms with E-state index in [1.165, 1.54) is 16.4 Å². The van der Waals surface area contributed by atoms with Crippen LogP contribution in [0, 0.1) is 10.1 Å². The van der Waals surface area contributed by atoms with Crippen molar-refractivity contribution in [2.24, 2.45) is 5.84 Å². The van der Waals surface area contributed by atoms with Crippen LogP contribution in [0.25, 0.3) is 0 Å². The second kappa shape index (κ2) is 5.35. The van der Waals surface area contributed by atoms with Crippen molar-refractivity contribution in [3.8, 4) is 0 Å². The summed E-state index contributed by atoms with van der Waals surface area (Å²) in [5.74, 6) is 5.24. The van der Waals surface area contributed by atoms with E-state index in [9.17, 15) is 18.5 Å². The van der Waals surface area contributed by atoms with Crippen molar-refractivity contribution in [1.82, 2.24) is 4.31 Å². The fourth-order valence-electron chi connectivity index (χ4n) is 2.07. The first-order chi connectivity index (χ1) is 9.41. The van der Waals surface area contributed by atoms with Crippen LogP contribution in [0.4, 0.5) is 11.4 Å². The molecule has 1 aromatic rings. The molecular weight excluding hydrogens is 284 g/mol. The van der Waals surface area contributed by atoms with Crippen molar-refractivity contribution in [3.05, 3.63) is 28.3 Å². The van der Waals surface area contributed by atoms with Gasteiger partial charge >= 0.3 is 0 Å². The highest BCUT2D eigenvalue weighted by molar-refractivity contribution is 7.89. The van der Waals surface area contributed by atoms with Gasteiger partial charge in [-0.3, -0.25) is 16.0 Å². The van der Waals surface area contributed by atoms with Crippen LogP contribution in [0.1, 0.15) is 19.8 Å². The summed E-state index contributed by atoms with van der Waals surface area (Å²) >= 11 is 0. The quantitative estimate of drug-likeness (QED) is 0.460. The van der Waals surface area contributed by atoms with Crippen LogP contribution in [0.5, 0.6) is 0 Å². The minimum atomic E-state index is -3.90. The molecule has 0 radical (unpaired) electrons. The number of nitrogens with two attached hydrogens (primary N) is 1. The highest BCUT2D eigenvalue weighted by Gasteiger charge is 2.39. The molecule has 0 spiro atoms. The van der Waals surface area contributed by atoms with Crippen LogP contribution in [-0.4, -0.2) is 30.2 Å². The van der Waals surface area contributed by atoms with Crippen LogP contribution in [0.3, 0.4) is 0 Å². The van der Waals surface area contributed by atoms with Gasteiger partial charge in [0, 0.05) is 18.7 Å². The van der Waals surface area contributed by atoms with Gasteiger partial charge in [0.1, 0.15) is 0 Å². The number of benzene rings is 1. The second-order valence-corrected chi connectivity index (χ2v) is 6.38. The molecule has 3 N–H and O–H groups in total. The third-order valence-corrected chi connectivity index (χ3v) is 5.23. The number of nitrogen functional groups attached to an aromatic ring is 1. The zero-order chi connectivity index (χ0) is 14.9. The highest BCUT2D eigenvalue weighted by Crippen LogP contribution is 2.35. The molecule has 0 heterocycles. The maximum absolute atomic E-state index is 12.6. The van der Waals surface area contributed by atoms with Crippen molar-refractivity contribution >= 4 is 21.4 Å². The van der Waals surface area contributed by atoms with Gasteiger partial charge in [-0.15, -0.1) is 0 Å². The van der Waals surface area contributed by atoms with E-state index in [2.05, 4.69) is 5.43 Å². The van der Waals surface area contributed by atoms with E-state index >= 15 is 0 Å². The Kier molecular flexibility index (Phi) is 3.93. The molecular formula is C11H16N4O4S. The zero-order valence-electron chi connectivity index (χ0n) is 10.9. The first kappa shape index (κ1) is 14.7. The average Bonchev–Trinajstić information content (AvgIpc) is 3.23. The summed E-state index contributed by atoms with van der Waals surface area (Å²) in [5.41, 5.74) is 2.17. The lowest BCUT2D eigenvalue weighted by Crippen LogP contribution is -2.33. The van der Waals surface area contributed by atoms with Gasteiger partial charge in [0.2, 0.25) is 10.0 Å². The second-order valence-electron chi connectivity index (χ2n) is 4.52. The number of sulfonamides is 1. The third kappa shape index (κ3) is 2.60. The Morgan fingerprint density at radius 3 is 2.60 bits per heavy atom. The number of hydrazine groups is 1. The minimum Gasteiger partial charge on any atom is -0.324 e. The number of hydrogen-bond donors (Lipinski definition) is 2. The predicted molar refractivity (Wildman–Crippen MR) is 73.5 cm³/mol. The van der Waals surface area contributed by atoms with Gasteiger partial charge in [0.15, 0.2) is 4.90 Å². The van der Waals surface area contributed by atoms with E-state index in [1.807, 2.05) is 0 Å². The van der Waals surface area contributed by atoms with E-state index in [4.69, 9.17) is 5.84 Å². The molecule has 0 atom stereocenters. The Hall–Kier alpha value is -1.71. The monoisotopic (exact) mass is 300 g/mol. The van der Waals surface area contributed by atoms with Crippen LogP contribution < -0.4 is 11.3 Å². The van der Waals surface area contributed by atoms with Crippen molar-refractivity contribution in [3.63, 3.8) is 0 Å². The zero-order valence-corrected chi connectivity index (χ0v) is 11.8. The van der Waals surface area contributed by atoms with Crippen molar-refractivity contribution < 1.29 is 13.3 Å². The number of nitro groups is 1. The molecule has 1 aliphatic rings. The molecule has 0 unspecified atom stereocenters. The largest absolute Gasteiger partial charge is 0.324 e. The van der Waals surface area contributed by atoms with E-state index in [0.717, 1.165) is 18.9 Å². The highest BCUT2D eigenvalue weighted by atomic mass is 32.2. The number of nitrogens with one attached hydrogen (secondary N) is 1. The van der Waals surface area contributed by atoms with Gasteiger partial charge in [-0.25, -0.2) is 8.42 Å². The van der Waals surface area contributed by atoms with Gasteiger partial charge < -0.3 is 5.43 Å². The SMILES string of the molecule is CCN(C1CC1)S(=O)(=O)c1cc(NN)ccc1[N+](=O)[O-]. The van der Waals surface area contributed by atoms with Crippen molar-refractivity contribution in [2.75, 3.05) is 12.0 Å². The first-order valence-electron chi connectivity index (χ1n) is 6.18. The van der Waals surface area contributed by atoms with E-state index < -0.39 is 20.6 Å². The Morgan fingerprint density at radius 1 is 1.50 bits per heavy atom. The van der Waals surface area contributed by atoms with Crippen LogP contribution in [0.2, 0.25) is 0 Å². The summed E-state index contributed by atoms with van der Waals surface area (Å²) in [6, 6.07) is 3.64. The fourth-order valence-corrected chi connectivity index (χ4v) is 3.95. The van der Waals surface area contributed by atoms with E-state index in [1.54, 1.807) is 6.92 Å². The normalized spacial score (nSPS) is 15.3. The lowest BCUT2D eigenvalue weighted by Gasteiger charge is -2.20. The number of anilines is 1.